The molecule has 9 nitrogen and oxygen atoms in total. The summed E-state index contributed by atoms with van der Waals surface area (Å²) in [5.74, 6) is -2.41. The topological polar surface area (TPSA) is 173 Å². The number of hydrogen-bond donors (Lipinski definition) is 6. The van der Waals surface area contributed by atoms with Crippen molar-refractivity contribution >= 4 is 17.9 Å². The number of carboxylic acid groups (broad SMARTS) is 3. The molecule has 0 aliphatic carbocycles. The molecule has 0 saturated heterocycles. The predicted octanol–water partition coefficient (Wildman–Crippen LogP) is 2.75. The molecule has 0 aromatic rings. The van der Waals surface area contributed by atoms with Gasteiger partial charge in [0.1, 0.15) is 0 Å². The molecule has 0 fully saturated rings. The Balaban J connectivity index is -0.000000212. The standard InChI is InChI=1S/C14H30O3.3C2H4O2/c15-11-9-7-5-3-1-2-4-6-8-10-14(12-16)13-17;3*1-2(3)4/h14-17H,1-13H2;3*1H3,(H,3,4). The maximum atomic E-state index is 9.00. The first kappa shape index (κ1) is 34.8. The van der Waals surface area contributed by atoms with E-state index >= 15 is 0 Å². The molecule has 0 radical (unpaired) electrons. The molecule has 6 N–H and O–H groups in total. The summed E-state index contributed by atoms with van der Waals surface area (Å²) in [6.45, 7) is 3.81. The fraction of sp³-hybridized carbons (Fsp3) is 0.850. The molecule has 9 heteroatoms. The average molecular weight is 427 g/mol. The molecule has 0 aromatic carbocycles. The highest BCUT2D eigenvalue weighted by Crippen LogP contribution is 2.13. The summed E-state index contributed by atoms with van der Waals surface area (Å²) in [4.78, 5) is 27.0. The van der Waals surface area contributed by atoms with E-state index in [4.69, 9.17) is 45.0 Å². The number of aliphatic hydroxyl groups is 3. The summed E-state index contributed by atoms with van der Waals surface area (Å²) in [5.41, 5.74) is 0. The molecule has 0 unspecified atom stereocenters. The summed E-state index contributed by atoms with van der Waals surface area (Å²) in [7, 11) is 0. The van der Waals surface area contributed by atoms with Crippen molar-refractivity contribution in [3.8, 4) is 0 Å². The molecule has 0 aliphatic heterocycles. The molecular formula is C20H42O9. The van der Waals surface area contributed by atoms with Gasteiger partial charge >= 0.3 is 0 Å². The van der Waals surface area contributed by atoms with Crippen LogP contribution in [0, 0.1) is 5.92 Å². The van der Waals surface area contributed by atoms with Crippen molar-refractivity contribution < 1.29 is 45.0 Å². The first-order chi connectivity index (χ1) is 13.5. The second-order valence-electron chi connectivity index (χ2n) is 6.48. The van der Waals surface area contributed by atoms with Crippen LogP contribution in [0.2, 0.25) is 0 Å². The Morgan fingerprint density at radius 1 is 0.552 bits per heavy atom. The molecule has 0 amide bonds. The van der Waals surface area contributed by atoms with Gasteiger partial charge in [0.25, 0.3) is 17.9 Å². The number of carbonyl (C=O) groups is 3. The van der Waals surface area contributed by atoms with Crippen LogP contribution in [0.4, 0.5) is 0 Å². The maximum Gasteiger partial charge on any atom is 0.300 e. The third-order valence-corrected chi connectivity index (χ3v) is 3.29. The zero-order valence-electron chi connectivity index (χ0n) is 18.2. The number of aliphatic carboxylic acids is 3. The summed E-state index contributed by atoms with van der Waals surface area (Å²) in [6.07, 6.45) is 11.8. The Labute approximate surface area is 174 Å². The zero-order valence-corrected chi connectivity index (χ0v) is 18.2. The summed E-state index contributed by atoms with van der Waals surface area (Å²) >= 11 is 0. The first-order valence-corrected chi connectivity index (χ1v) is 9.96. The molecule has 0 spiro atoms. The second kappa shape index (κ2) is 31.0. The first-order valence-electron chi connectivity index (χ1n) is 9.96. The van der Waals surface area contributed by atoms with Crippen LogP contribution in [0.3, 0.4) is 0 Å². The SMILES string of the molecule is CC(=O)O.CC(=O)O.CC(=O)O.OCCCCCCCCCCCC(CO)CO. The van der Waals surface area contributed by atoms with Gasteiger partial charge in [0, 0.05) is 46.5 Å². The quantitative estimate of drug-likeness (QED) is 0.242. The normalized spacial score (nSPS) is 9.21. The predicted molar refractivity (Wildman–Crippen MR) is 111 cm³/mol. The number of hydrogen-bond acceptors (Lipinski definition) is 6. The number of aliphatic hydroxyl groups excluding tert-OH is 3. The molecule has 0 aromatic heterocycles. The molecule has 0 atom stereocenters. The van der Waals surface area contributed by atoms with Gasteiger partial charge in [-0.25, -0.2) is 0 Å². The van der Waals surface area contributed by atoms with Gasteiger partial charge in [-0.2, -0.15) is 0 Å². The summed E-state index contributed by atoms with van der Waals surface area (Å²) in [6, 6.07) is 0. The van der Waals surface area contributed by atoms with Crippen LogP contribution in [0.15, 0.2) is 0 Å². The Hall–Kier alpha value is -1.71. The van der Waals surface area contributed by atoms with Crippen LogP contribution in [-0.4, -0.2) is 68.4 Å². The third-order valence-electron chi connectivity index (χ3n) is 3.29. The van der Waals surface area contributed by atoms with Crippen LogP contribution in [-0.2, 0) is 14.4 Å². The molecular weight excluding hydrogens is 384 g/mol. The van der Waals surface area contributed by atoms with Crippen molar-refractivity contribution in [2.45, 2.75) is 85.0 Å². The van der Waals surface area contributed by atoms with Gasteiger partial charge in [0.2, 0.25) is 0 Å². The average Bonchev–Trinajstić information content (AvgIpc) is 2.58. The molecule has 0 heterocycles. The van der Waals surface area contributed by atoms with Crippen molar-refractivity contribution in [1.29, 1.82) is 0 Å². The van der Waals surface area contributed by atoms with E-state index in [1.54, 1.807) is 0 Å². The summed E-state index contributed by atoms with van der Waals surface area (Å²) < 4.78 is 0. The van der Waals surface area contributed by atoms with Gasteiger partial charge in [-0.3, -0.25) is 14.4 Å². The number of carboxylic acids is 3. The van der Waals surface area contributed by atoms with E-state index in [-0.39, 0.29) is 19.1 Å². The van der Waals surface area contributed by atoms with Gasteiger partial charge in [0.05, 0.1) is 0 Å². The van der Waals surface area contributed by atoms with Crippen LogP contribution >= 0.6 is 0 Å². The van der Waals surface area contributed by atoms with Crippen molar-refractivity contribution in [2.24, 2.45) is 5.92 Å². The zero-order chi connectivity index (χ0) is 23.5. The van der Waals surface area contributed by atoms with Crippen molar-refractivity contribution in [1.82, 2.24) is 0 Å². The molecule has 0 rings (SSSR count). The van der Waals surface area contributed by atoms with E-state index in [0.29, 0.717) is 6.61 Å². The lowest BCUT2D eigenvalue weighted by molar-refractivity contribution is -0.135. The lowest BCUT2D eigenvalue weighted by Crippen LogP contribution is -2.10. The Bertz CT molecular complexity index is 315. The van der Waals surface area contributed by atoms with E-state index in [1.165, 1.54) is 38.5 Å². The van der Waals surface area contributed by atoms with Gasteiger partial charge in [0.15, 0.2) is 0 Å². The van der Waals surface area contributed by atoms with E-state index in [9.17, 15) is 0 Å². The largest absolute Gasteiger partial charge is 0.481 e. The lowest BCUT2D eigenvalue weighted by Gasteiger charge is -2.09. The van der Waals surface area contributed by atoms with Crippen molar-refractivity contribution in [3.63, 3.8) is 0 Å². The van der Waals surface area contributed by atoms with Crippen LogP contribution in [0.1, 0.15) is 85.0 Å². The molecule has 176 valence electrons. The minimum absolute atomic E-state index is 0.0912. The summed E-state index contributed by atoms with van der Waals surface area (Å²) in [5, 5.41) is 48.6. The van der Waals surface area contributed by atoms with E-state index in [1.807, 2.05) is 0 Å². The Morgan fingerprint density at radius 2 is 0.793 bits per heavy atom. The van der Waals surface area contributed by atoms with Gasteiger partial charge < -0.3 is 30.6 Å². The molecule has 0 saturated carbocycles. The fourth-order valence-electron chi connectivity index (χ4n) is 2.02. The van der Waals surface area contributed by atoms with Crippen LogP contribution in [0.5, 0.6) is 0 Å². The van der Waals surface area contributed by atoms with Gasteiger partial charge in [-0.1, -0.05) is 51.4 Å². The lowest BCUT2D eigenvalue weighted by atomic mass is 10.0. The minimum Gasteiger partial charge on any atom is -0.481 e. The molecule has 0 aliphatic rings. The third kappa shape index (κ3) is 76.0. The maximum absolute atomic E-state index is 9.00. The highest BCUT2D eigenvalue weighted by atomic mass is 16.4. The smallest absolute Gasteiger partial charge is 0.300 e. The highest BCUT2D eigenvalue weighted by molar-refractivity contribution is 5.63. The number of rotatable bonds is 13. The number of unbranched alkanes of at least 4 members (excludes halogenated alkanes) is 8. The van der Waals surface area contributed by atoms with Gasteiger partial charge in [-0.05, 0) is 12.8 Å². The van der Waals surface area contributed by atoms with E-state index < -0.39 is 17.9 Å². The highest BCUT2D eigenvalue weighted by Gasteiger charge is 2.04. The van der Waals surface area contributed by atoms with Crippen LogP contribution < -0.4 is 0 Å². The van der Waals surface area contributed by atoms with E-state index in [2.05, 4.69) is 0 Å². The Kier molecular flexibility index (Phi) is 37.2. The van der Waals surface area contributed by atoms with Gasteiger partial charge in [-0.15, -0.1) is 0 Å². The second-order valence-corrected chi connectivity index (χ2v) is 6.48. The Morgan fingerprint density at radius 3 is 1.03 bits per heavy atom. The fourth-order valence-corrected chi connectivity index (χ4v) is 2.02. The van der Waals surface area contributed by atoms with Crippen LogP contribution in [0.25, 0.3) is 0 Å². The van der Waals surface area contributed by atoms with Crippen molar-refractivity contribution in [3.05, 3.63) is 0 Å². The molecule has 0 bridgehead atoms. The monoisotopic (exact) mass is 426 g/mol. The van der Waals surface area contributed by atoms with Crippen molar-refractivity contribution in [2.75, 3.05) is 19.8 Å². The minimum atomic E-state index is -0.833. The van der Waals surface area contributed by atoms with E-state index in [0.717, 1.165) is 46.5 Å². The molecule has 29 heavy (non-hydrogen) atoms.